The second-order valence-electron chi connectivity index (χ2n) is 5.85. The molecule has 0 spiro atoms. The molecule has 2 unspecified atom stereocenters. The summed E-state index contributed by atoms with van der Waals surface area (Å²) in [5.74, 6) is 2.31. The van der Waals surface area contributed by atoms with Crippen molar-refractivity contribution in [3.63, 3.8) is 0 Å². The Bertz CT molecular complexity index is 611. The number of piperidine rings is 1. The first kappa shape index (κ1) is 13.7. The van der Waals surface area contributed by atoms with Gasteiger partial charge in [-0.2, -0.15) is 0 Å². The Morgan fingerprint density at radius 1 is 1.30 bits per heavy atom. The second kappa shape index (κ2) is 5.61. The quantitative estimate of drug-likeness (QED) is 0.751. The maximum atomic E-state index is 6.17. The van der Waals surface area contributed by atoms with E-state index in [9.17, 15) is 0 Å². The van der Waals surface area contributed by atoms with Crippen molar-refractivity contribution >= 4 is 28.3 Å². The van der Waals surface area contributed by atoms with E-state index >= 15 is 0 Å². The predicted octanol–water partition coefficient (Wildman–Crippen LogP) is 4.60. The van der Waals surface area contributed by atoms with Gasteiger partial charge in [0.2, 0.25) is 0 Å². The fourth-order valence-corrected chi connectivity index (χ4v) is 3.33. The van der Waals surface area contributed by atoms with Crippen molar-refractivity contribution in [1.82, 2.24) is 4.98 Å². The number of fused-ring (bicyclic) bond motifs is 1. The van der Waals surface area contributed by atoms with Gasteiger partial charge in [-0.3, -0.25) is 0 Å². The second-order valence-corrected chi connectivity index (χ2v) is 6.12. The molecular formula is C17H21ClN2. The fourth-order valence-electron chi connectivity index (χ4n) is 3.13. The van der Waals surface area contributed by atoms with Crippen LogP contribution in [0.4, 0.5) is 5.82 Å². The van der Waals surface area contributed by atoms with Crippen LogP contribution in [0.5, 0.6) is 0 Å². The van der Waals surface area contributed by atoms with Crippen molar-refractivity contribution in [2.75, 3.05) is 11.4 Å². The highest BCUT2D eigenvalue weighted by atomic mass is 35.5. The summed E-state index contributed by atoms with van der Waals surface area (Å²) in [4.78, 5) is 7.34. The van der Waals surface area contributed by atoms with Crippen LogP contribution >= 0.6 is 11.6 Å². The summed E-state index contributed by atoms with van der Waals surface area (Å²) in [6, 6.07) is 11.0. The van der Waals surface area contributed by atoms with Gasteiger partial charge in [0, 0.05) is 23.5 Å². The minimum Gasteiger partial charge on any atom is -0.353 e. The maximum absolute atomic E-state index is 6.17. The lowest BCUT2D eigenvalue weighted by Gasteiger charge is -2.39. The van der Waals surface area contributed by atoms with Crippen molar-refractivity contribution in [3.05, 3.63) is 35.9 Å². The number of nitrogens with zero attached hydrogens (tertiary/aromatic N) is 2. The molecule has 0 bridgehead atoms. The minimum atomic E-state index is 0.519. The molecule has 1 fully saturated rings. The van der Waals surface area contributed by atoms with Gasteiger partial charge in [-0.15, -0.1) is 11.6 Å². The molecule has 2 atom stereocenters. The number of halogens is 1. The smallest absolute Gasteiger partial charge is 0.133 e. The topological polar surface area (TPSA) is 16.1 Å². The summed E-state index contributed by atoms with van der Waals surface area (Å²) >= 11 is 6.17. The molecule has 0 aliphatic carbocycles. The SMILES string of the molecule is CC1CCCN(c2nc3ccccc3cc2CCl)C1C. The predicted molar refractivity (Wildman–Crippen MR) is 86.5 cm³/mol. The zero-order valence-electron chi connectivity index (χ0n) is 12.1. The van der Waals surface area contributed by atoms with E-state index in [1.165, 1.54) is 18.2 Å². The first-order valence-corrected chi connectivity index (χ1v) is 7.95. The van der Waals surface area contributed by atoms with Crippen LogP contribution < -0.4 is 4.90 Å². The summed E-state index contributed by atoms with van der Waals surface area (Å²) < 4.78 is 0. The van der Waals surface area contributed by atoms with Crippen LogP contribution in [0.15, 0.2) is 30.3 Å². The Kier molecular flexibility index (Phi) is 3.84. The molecule has 3 heteroatoms. The van der Waals surface area contributed by atoms with Gasteiger partial charge in [0.15, 0.2) is 0 Å². The summed E-state index contributed by atoms with van der Waals surface area (Å²) in [6.07, 6.45) is 2.54. The van der Waals surface area contributed by atoms with Crippen LogP contribution in [0.25, 0.3) is 10.9 Å². The van der Waals surface area contributed by atoms with Gasteiger partial charge in [0.05, 0.1) is 11.4 Å². The minimum absolute atomic E-state index is 0.519. The zero-order valence-corrected chi connectivity index (χ0v) is 12.9. The van der Waals surface area contributed by atoms with Gasteiger partial charge in [-0.1, -0.05) is 25.1 Å². The maximum Gasteiger partial charge on any atom is 0.133 e. The van der Waals surface area contributed by atoms with Crippen molar-refractivity contribution in [2.24, 2.45) is 5.92 Å². The molecule has 0 radical (unpaired) electrons. The number of alkyl halides is 1. The van der Waals surface area contributed by atoms with E-state index in [4.69, 9.17) is 16.6 Å². The van der Waals surface area contributed by atoms with Crippen LogP contribution in [0.1, 0.15) is 32.3 Å². The third-order valence-corrected chi connectivity index (χ3v) is 4.86. The Balaban J connectivity index is 2.09. The Morgan fingerprint density at radius 2 is 2.10 bits per heavy atom. The number of anilines is 1. The monoisotopic (exact) mass is 288 g/mol. The highest BCUT2D eigenvalue weighted by molar-refractivity contribution is 6.17. The van der Waals surface area contributed by atoms with Crippen LogP contribution in [-0.4, -0.2) is 17.6 Å². The number of hydrogen-bond donors (Lipinski definition) is 0. The van der Waals surface area contributed by atoms with Crippen LogP contribution in [0.3, 0.4) is 0 Å². The molecule has 1 aliphatic rings. The largest absolute Gasteiger partial charge is 0.353 e. The third-order valence-electron chi connectivity index (χ3n) is 4.57. The molecule has 1 aliphatic heterocycles. The average Bonchev–Trinajstić information content (AvgIpc) is 2.48. The molecule has 3 rings (SSSR count). The lowest BCUT2D eigenvalue weighted by atomic mass is 9.92. The van der Waals surface area contributed by atoms with Crippen molar-refractivity contribution in [3.8, 4) is 0 Å². The summed E-state index contributed by atoms with van der Waals surface area (Å²) in [5.41, 5.74) is 2.20. The molecule has 1 aromatic heterocycles. The Labute approximate surface area is 125 Å². The number of benzene rings is 1. The molecule has 0 N–H and O–H groups in total. The van der Waals surface area contributed by atoms with Gasteiger partial charge >= 0.3 is 0 Å². The Hall–Kier alpha value is -1.28. The first-order chi connectivity index (χ1) is 9.70. The zero-order chi connectivity index (χ0) is 14.1. The summed E-state index contributed by atoms with van der Waals surface area (Å²) in [6.45, 7) is 5.72. The number of rotatable bonds is 2. The Morgan fingerprint density at radius 3 is 2.90 bits per heavy atom. The van der Waals surface area contributed by atoms with E-state index < -0.39 is 0 Å². The molecule has 0 saturated carbocycles. The number of hydrogen-bond acceptors (Lipinski definition) is 2. The lowest BCUT2D eigenvalue weighted by molar-refractivity contribution is 0.361. The molecule has 0 amide bonds. The van der Waals surface area contributed by atoms with E-state index in [1.807, 2.05) is 12.1 Å². The molecule has 1 saturated heterocycles. The van der Waals surface area contributed by atoms with E-state index in [-0.39, 0.29) is 0 Å². The van der Waals surface area contributed by atoms with Gasteiger partial charge in [0.25, 0.3) is 0 Å². The molecule has 2 heterocycles. The van der Waals surface area contributed by atoms with E-state index in [1.54, 1.807) is 0 Å². The fraction of sp³-hybridized carbons (Fsp3) is 0.471. The standard InChI is InChI=1S/C17H21ClN2/c1-12-6-5-9-20(13(12)2)17-15(11-18)10-14-7-3-4-8-16(14)19-17/h3-4,7-8,10,12-13H,5-6,9,11H2,1-2H3. The van der Waals surface area contributed by atoms with Gasteiger partial charge < -0.3 is 4.90 Å². The average molecular weight is 289 g/mol. The number of para-hydroxylation sites is 1. The number of pyridine rings is 1. The van der Waals surface area contributed by atoms with Crippen molar-refractivity contribution in [2.45, 2.75) is 38.6 Å². The van der Waals surface area contributed by atoms with E-state index in [0.29, 0.717) is 17.8 Å². The molecule has 20 heavy (non-hydrogen) atoms. The van der Waals surface area contributed by atoms with Crippen LogP contribution in [-0.2, 0) is 5.88 Å². The van der Waals surface area contributed by atoms with Gasteiger partial charge in [0.1, 0.15) is 5.82 Å². The highest BCUT2D eigenvalue weighted by Crippen LogP contribution is 2.32. The molecule has 1 aromatic carbocycles. The van der Waals surface area contributed by atoms with Crippen molar-refractivity contribution < 1.29 is 0 Å². The molecule has 2 nitrogen and oxygen atoms in total. The van der Waals surface area contributed by atoms with Crippen LogP contribution in [0, 0.1) is 5.92 Å². The normalized spacial score (nSPS) is 23.2. The first-order valence-electron chi connectivity index (χ1n) is 7.42. The van der Waals surface area contributed by atoms with Gasteiger partial charge in [-0.25, -0.2) is 4.98 Å². The molecule has 2 aromatic rings. The number of aromatic nitrogens is 1. The third kappa shape index (κ3) is 2.37. The van der Waals surface area contributed by atoms with E-state index in [2.05, 4.69) is 36.9 Å². The van der Waals surface area contributed by atoms with Crippen molar-refractivity contribution in [1.29, 1.82) is 0 Å². The summed E-state index contributed by atoms with van der Waals surface area (Å²) in [7, 11) is 0. The van der Waals surface area contributed by atoms with Crippen LogP contribution in [0.2, 0.25) is 0 Å². The molecule has 106 valence electrons. The summed E-state index contributed by atoms with van der Waals surface area (Å²) in [5, 5.41) is 1.17. The van der Waals surface area contributed by atoms with Gasteiger partial charge in [-0.05, 0) is 37.8 Å². The van der Waals surface area contributed by atoms with E-state index in [0.717, 1.165) is 23.4 Å². The molecular weight excluding hydrogens is 268 g/mol. The highest BCUT2D eigenvalue weighted by Gasteiger charge is 2.27. The lowest BCUT2D eigenvalue weighted by Crippen LogP contribution is -2.43.